The third-order valence-corrected chi connectivity index (χ3v) is 3.37. The second-order valence-corrected chi connectivity index (χ2v) is 4.19. The van der Waals surface area contributed by atoms with Crippen LogP contribution in [0.1, 0.15) is 33.1 Å². The van der Waals surface area contributed by atoms with Crippen LogP contribution < -0.4 is 0 Å². The molecule has 0 amide bonds. The number of aliphatic carboxylic acids is 1. The molecule has 2 rings (SSSR count). The largest absolute Gasteiger partial charge is 0.481 e. The Morgan fingerprint density at radius 1 is 1.58 bits per heavy atom. The van der Waals surface area contributed by atoms with Crippen molar-refractivity contribution in [2.24, 2.45) is 11.3 Å². The van der Waals surface area contributed by atoms with Crippen LogP contribution in [0.4, 0.5) is 0 Å². The van der Waals surface area contributed by atoms with Crippen LogP contribution in [-0.2, 0) is 4.79 Å². The van der Waals surface area contributed by atoms with E-state index in [9.17, 15) is 4.79 Å². The maximum absolute atomic E-state index is 11.0. The van der Waals surface area contributed by atoms with E-state index in [-0.39, 0.29) is 0 Å². The highest BCUT2D eigenvalue weighted by Crippen LogP contribution is 2.67. The van der Waals surface area contributed by atoms with Gasteiger partial charge in [-0.1, -0.05) is 11.1 Å². The topological polar surface area (TPSA) is 37.3 Å². The van der Waals surface area contributed by atoms with Gasteiger partial charge in [-0.15, -0.1) is 0 Å². The van der Waals surface area contributed by atoms with Crippen molar-refractivity contribution in [1.82, 2.24) is 0 Å². The Bertz CT molecular complexity index is 274. The molecule has 0 radical (unpaired) electrons. The summed E-state index contributed by atoms with van der Waals surface area (Å²) in [6.45, 7) is 4.06. The van der Waals surface area contributed by atoms with Crippen LogP contribution in [0.25, 0.3) is 0 Å². The molecule has 2 aliphatic rings. The Kier molecular flexibility index (Phi) is 1.39. The first kappa shape index (κ1) is 7.84. The lowest BCUT2D eigenvalue weighted by atomic mass is 9.93. The number of allylic oxidation sites excluding steroid dienone is 1. The highest BCUT2D eigenvalue weighted by atomic mass is 16.4. The molecule has 2 nitrogen and oxygen atoms in total. The van der Waals surface area contributed by atoms with E-state index < -0.39 is 11.4 Å². The Labute approximate surface area is 72.3 Å². The van der Waals surface area contributed by atoms with Gasteiger partial charge >= 0.3 is 5.97 Å². The number of hydrogen-bond acceptors (Lipinski definition) is 1. The fourth-order valence-corrected chi connectivity index (χ4v) is 2.68. The van der Waals surface area contributed by atoms with Crippen molar-refractivity contribution in [3.8, 4) is 0 Å². The summed E-state index contributed by atoms with van der Waals surface area (Å²) in [6, 6.07) is 0. The van der Waals surface area contributed by atoms with Crippen molar-refractivity contribution in [2.45, 2.75) is 33.1 Å². The van der Waals surface area contributed by atoms with E-state index in [1.54, 1.807) is 0 Å². The lowest BCUT2D eigenvalue weighted by molar-refractivity contribution is -0.142. The van der Waals surface area contributed by atoms with Crippen LogP contribution in [0, 0.1) is 11.3 Å². The van der Waals surface area contributed by atoms with Crippen LogP contribution in [0.15, 0.2) is 11.1 Å². The summed E-state index contributed by atoms with van der Waals surface area (Å²) in [5.74, 6) is -0.138. The summed E-state index contributed by atoms with van der Waals surface area (Å²) in [5, 5.41) is 9.10. The first-order chi connectivity index (χ1) is 5.59. The monoisotopic (exact) mass is 166 g/mol. The van der Waals surface area contributed by atoms with Crippen LogP contribution in [-0.4, -0.2) is 11.1 Å². The van der Waals surface area contributed by atoms with Crippen molar-refractivity contribution in [1.29, 1.82) is 0 Å². The van der Waals surface area contributed by atoms with Crippen LogP contribution in [0.2, 0.25) is 0 Å². The second-order valence-electron chi connectivity index (χ2n) is 4.19. The molecule has 0 heterocycles. The van der Waals surface area contributed by atoms with Crippen molar-refractivity contribution in [3.05, 3.63) is 11.1 Å². The van der Waals surface area contributed by atoms with Crippen molar-refractivity contribution in [3.63, 3.8) is 0 Å². The van der Waals surface area contributed by atoms with Gasteiger partial charge < -0.3 is 5.11 Å². The fourth-order valence-electron chi connectivity index (χ4n) is 2.68. The fraction of sp³-hybridized carbons (Fsp3) is 0.700. The molecule has 2 unspecified atom stereocenters. The predicted octanol–water partition coefficient (Wildman–Crippen LogP) is 2.21. The Hall–Kier alpha value is -0.790. The first-order valence-electron chi connectivity index (χ1n) is 4.49. The smallest absolute Gasteiger partial charge is 0.314 e. The molecular weight excluding hydrogens is 152 g/mol. The van der Waals surface area contributed by atoms with E-state index in [0.29, 0.717) is 5.92 Å². The highest BCUT2D eigenvalue weighted by Gasteiger charge is 2.65. The molecule has 0 aliphatic heterocycles. The summed E-state index contributed by atoms with van der Waals surface area (Å²) < 4.78 is 0. The molecule has 2 aliphatic carbocycles. The molecule has 0 saturated heterocycles. The molecule has 0 aromatic carbocycles. The number of hydrogen-bond donors (Lipinski definition) is 1. The van der Waals surface area contributed by atoms with Crippen LogP contribution in [0.3, 0.4) is 0 Å². The predicted molar refractivity (Wildman–Crippen MR) is 45.8 cm³/mol. The summed E-state index contributed by atoms with van der Waals surface area (Å²) in [6.07, 6.45) is 3.00. The zero-order valence-electron chi connectivity index (χ0n) is 7.55. The van der Waals surface area contributed by atoms with E-state index in [0.717, 1.165) is 19.3 Å². The van der Waals surface area contributed by atoms with Gasteiger partial charge in [0.15, 0.2) is 0 Å². The van der Waals surface area contributed by atoms with E-state index >= 15 is 0 Å². The number of carbonyl (C=O) groups is 1. The highest BCUT2D eigenvalue weighted by molar-refractivity contribution is 5.84. The van der Waals surface area contributed by atoms with Crippen LogP contribution >= 0.6 is 0 Å². The summed E-state index contributed by atoms with van der Waals surface area (Å²) >= 11 is 0. The van der Waals surface area contributed by atoms with E-state index in [4.69, 9.17) is 5.11 Å². The van der Waals surface area contributed by atoms with Crippen LogP contribution in [0.5, 0.6) is 0 Å². The standard InChI is InChI=1S/C10H14O2/c1-6(2)8-4-3-7-5-10(7,8)9(11)12/h7H,3-5H2,1-2H3,(H,11,12). The molecule has 2 atom stereocenters. The van der Waals surface area contributed by atoms with Gasteiger partial charge in [-0.25, -0.2) is 0 Å². The number of carboxylic acids is 1. The zero-order valence-corrected chi connectivity index (χ0v) is 7.55. The molecule has 12 heavy (non-hydrogen) atoms. The number of carboxylic acid groups (broad SMARTS) is 1. The molecule has 2 heteroatoms. The minimum Gasteiger partial charge on any atom is -0.481 e. The molecule has 0 aromatic heterocycles. The number of fused-ring (bicyclic) bond motifs is 1. The van der Waals surface area contributed by atoms with Crippen molar-refractivity contribution >= 4 is 5.97 Å². The molecule has 2 fully saturated rings. The second kappa shape index (κ2) is 2.12. The molecule has 0 bridgehead atoms. The van der Waals surface area contributed by atoms with Gasteiger partial charge in [0.25, 0.3) is 0 Å². The van der Waals surface area contributed by atoms with Gasteiger partial charge in [-0.2, -0.15) is 0 Å². The summed E-state index contributed by atoms with van der Waals surface area (Å²) in [7, 11) is 0. The van der Waals surface area contributed by atoms with Gasteiger partial charge in [-0.05, 0) is 39.0 Å². The Balaban J connectivity index is 2.40. The first-order valence-corrected chi connectivity index (χ1v) is 4.49. The normalized spacial score (nSPS) is 37.8. The lowest BCUT2D eigenvalue weighted by Gasteiger charge is -2.11. The quantitative estimate of drug-likeness (QED) is 0.606. The van der Waals surface area contributed by atoms with E-state index in [1.807, 2.05) is 13.8 Å². The maximum atomic E-state index is 11.0. The lowest BCUT2D eigenvalue weighted by Crippen LogP contribution is -2.17. The third-order valence-electron chi connectivity index (χ3n) is 3.37. The Morgan fingerprint density at radius 2 is 2.25 bits per heavy atom. The molecule has 2 saturated carbocycles. The average molecular weight is 166 g/mol. The van der Waals surface area contributed by atoms with Gasteiger partial charge in [0.05, 0.1) is 5.41 Å². The summed E-state index contributed by atoms with van der Waals surface area (Å²) in [5.41, 5.74) is 2.02. The third kappa shape index (κ3) is 0.728. The van der Waals surface area contributed by atoms with E-state index in [2.05, 4.69) is 0 Å². The Morgan fingerprint density at radius 3 is 2.58 bits per heavy atom. The zero-order chi connectivity index (χ0) is 8.93. The molecular formula is C10H14O2. The average Bonchev–Trinajstić information content (AvgIpc) is 2.58. The van der Waals surface area contributed by atoms with Gasteiger partial charge in [0, 0.05) is 0 Å². The van der Waals surface area contributed by atoms with Crippen molar-refractivity contribution < 1.29 is 9.90 Å². The van der Waals surface area contributed by atoms with Gasteiger partial charge in [-0.3, -0.25) is 4.79 Å². The summed E-state index contributed by atoms with van der Waals surface area (Å²) in [4.78, 5) is 11.0. The SMILES string of the molecule is CC(C)=C1CCC2CC12C(=O)O. The minimum atomic E-state index is -0.596. The van der Waals surface area contributed by atoms with Gasteiger partial charge in [0.2, 0.25) is 0 Å². The van der Waals surface area contributed by atoms with E-state index in [1.165, 1.54) is 11.1 Å². The number of rotatable bonds is 1. The molecule has 0 spiro atoms. The molecule has 1 N–H and O–H groups in total. The minimum absolute atomic E-state index is 0.404. The van der Waals surface area contributed by atoms with Crippen molar-refractivity contribution in [2.75, 3.05) is 0 Å². The molecule has 0 aromatic rings. The molecule has 66 valence electrons. The maximum Gasteiger partial charge on any atom is 0.314 e. The van der Waals surface area contributed by atoms with Gasteiger partial charge in [0.1, 0.15) is 0 Å².